The van der Waals surface area contributed by atoms with Crippen molar-refractivity contribution in [3.63, 3.8) is 0 Å². The molecule has 21 heavy (non-hydrogen) atoms. The molecule has 0 unspecified atom stereocenters. The lowest BCUT2D eigenvalue weighted by molar-refractivity contribution is 0.397. The van der Waals surface area contributed by atoms with E-state index in [1.807, 2.05) is 6.07 Å². The molecule has 1 aliphatic carbocycles. The highest BCUT2D eigenvalue weighted by Crippen LogP contribution is 2.32. The van der Waals surface area contributed by atoms with Crippen LogP contribution in [0.5, 0.6) is 0 Å². The minimum atomic E-state index is -3.80. The number of rotatable bonds is 5. The average Bonchev–Trinajstić information content (AvgIpc) is 3.30. The van der Waals surface area contributed by atoms with Crippen LogP contribution in [0.4, 0.5) is 0 Å². The van der Waals surface area contributed by atoms with Gasteiger partial charge >= 0.3 is 0 Å². The van der Waals surface area contributed by atoms with Crippen LogP contribution in [-0.4, -0.2) is 28.7 Å². The number of pyridine rings is 2. The van der Waals surface area contributed by atoms with Crippen LogP contribution in [0.15, 0.2) is 52.7 Å². The lowest BCUT2D eigenvalue weighted by Crippen LogP contribution is -2.35. The summed E-state index contributed by atoms with van der Waals surface area (Å²) in [7, 11) is -3.80. The van der Waals surface area contributed by atoms with Crippen molar-refractivity contribution in [2.75, 3.05) is 0 Å². The molecule has 0 saturated heterocycles. The minimum Gasteiger partial charge on any atom is -0.366 e. The van der Waals surface area contributed by atoms with E-state index in [1.54, 1.807) is 18.5 Å². The Bertz CT molecular complexity index is 782. The average molecular weight is 305 g/mol. The molecule has 3 rings (SSSR count). The Labute approximate surface area is 122 Å². The summed E-state index contributed by atoms with van der Waals surface area (Å²) in [4.78, 5) is 18.3. The number of H-pyrrole nitrogens is 1. The first-order chi connectivity index (χ1) is 10.1. The number of hydrogen-bond donors (Lipinski definition) is 1. The Hall–Kier alpha value is -1.99. The first kappa shape index (κ1) is 14.0. The molecule has 7 heteroatoms. The fourth-order valence-corrected chi connectivity index (χ4v) is 3.89. The number of sulfonamides is 1. The van der Waals surface area contributed by atoms with Crippen LogP contribution in [0.2, 0.25) is 0 Å². The second-order valence-electron chi connectivity index (χ2n) is 5.02. The van der Waals surface area contributed by atoms with E-state index in [4.69, 9.17) is 0 Å². The molecule has 110 valence electrons. The smallest absolute Gasteiger partial charge is 0.248 e. The minimum absolute atomic E-state index is 0.0326. The van der Waals surface area contributed by atoms with Gasteiger partial charge in [-0.2, -0.15) is 4.31 Å². The van der Waals surface area contributed by atoms with Crippen molar-refractivity contribution in [2.45, 2.75) is 30.3 Å². The van der Waals surface area contributed by atoms with E-state index in [9.17, 15) is 13.2 Å². The fourth-order valence-electron chi connectivity index (χ4n) is 2.17. The van der Waals surface area contributed by atoms with E-state index in [-0.39, 0.29) is 17.5 Å². The summed E-state index contributed by atoms with van der Waals surface area (Å²) >= 11 is 0. The molecule has 1 fully saturated rings. The molecular weight excluding hydrogens is 290 g/mol. The van der Waals surface area contributed by atoms with Gasteiger partial charge < -0.3 is 4.98 Å². The summed E-state index contributed by atoms with van der Waals surface area (Å²) in [6.07, 6.45) is 7.59. The Morgan fingerprint density at radius 3 is 2.76 bits per heavy atom. The van der Waals surface area contributed by atoms with Crippen molar-refractivity contribution in [1.29, 1.82) is 0 Å². The molecule has 1 saturated carbocycles. The molecule has 0 bridgehead atoms. The van der Waals surface area contributed by atoms with E-state index < -0.39 is 15.5 Å². The molecule has 0 amide bonds. The van der Waals surface area contributed by atoms with Gasteiger partial charge in [-0.05, 0) is 24.5 Å². The summed E-state index contributed by atoms with van der Waals surface area (Å²) in [5.41, 5.74) is 0.311. The van der Waals surface area contributed by atoms with E-state index >= 15 is 0 Å². The van der Waals surface area contributed by atoms with Crippen LogP contribution >= 0.6 is 0 Å². The predicted octanol–water partition coefficient (Wildman–Crippen LogP) is 1.12. The molecule has 2 heterocycles. The maximum atomic E-state index is 12.7. The van der Waals surface area contributed by atoms with E-state index in [0.29, 0.717) is 0 Å². The largest absolute Gasteiger partial charge is 0.366 e. The van der Waals surface area contributed by atoms with E-state index in [2.05, 4.69) is 9.97 Å². The van der Waals surface area contributed by atoms with Gasteiger partial charge in [0.25, 0.3) is 0 Å². The summed E-state index contributed by atoms with van der Waals surface area (Å²) in [5.74, 6) is 0. The van der Waals surface area contributed by atoms with Crippen molar-refractivity contribution in [2.24, 2.45) is 0 Å². The normalized spacial score (nSPS) is 15.3. The van der Waals surface area contributed by atoms with Crippen molar-refractivity contribution in [3.05, 3.63) is 58.8 Å². The zero-order valence-electron chi connectivity index (χ0n) is 11.3. The van der Waals surface area contributed by atoms with Gasteiger partial charge in [0.15, 0.2) is 0 Å². The highest BCUT2D eigenvalue weighted by molar-refractivity contribution is 7.89. The Morgan fingerprint density at radius 1 is 1.33 bits per heavy atom. The van der Waals surface area contributed by atoms with Gasteiger partial charge in [0.1, 0.15) is 4.90 Å². The quantitative estimate of drug-likeness (QED) is 0.897. The molecule has 0 radical (unpaired) electrons. The number of nitrogens with zero attached hydrogens (tertiary/aromatic N) is 2. The SMILES string of the molecule is O=c1cc[nH]cc1S(=O)(=O)N(Cc1cccnc1)C1CC1. The number of aromatic amines is 1. The zero-order valence-corrected chi connectivity index (χ0v) is 12.1. The standard InChI is InChI=1S/C14H15N3O3S/c18-13-5-7-16-9-14(13)21(19,20)17(12-3-4-12)10-11-2-1-6-15-8-11/h1-2,5-9,12H,3-4,10H2,(H,16,18). The van der Waals surface area contributed by atoms with Crippen LogP contribution in [0.3, 0.4) is 0 Å². The molecule has 6 nitrogen and oxygen atoms in total. The van der Waals surface area contributed by atoms with Crippen LogP contribution in [-0.2, 0) is 16.6 Å². The van der Waals surface area contributed by atoms with Gasteiger partial charge in [-0.3, -0.25) is 9.78 Å². The van der Waals surface area contributed by atoms with Crippen LogP contribution in [0.25, 0.3) is 0 Å². The first-order valence-electron chi connectivity index (χ1n) is 6.67. The monoisotopic (exact) mass is 305 g/mol. The summed E-state index contributed by atoms with van der Waals surface area (Å²) in [6, 6.07) is 4.78. The maximum Gasteiger partial charge on any atom is 0.248 e. The molecule has 1 N–H and O–H groups in total. The molecule has 2 aromatic rings. The third-order valence-electron chi connectivity index (χ3n) is 3.39. The van der Waals surface area contributed by atoms with Gasteiger partial charge in [-0.15, -0.1) is 0 Å². The molecular formula is C14H15N3O3S. The molecule has 1 aliphatic rings. The van der Waals surface area contributed by atoms with Gasteiger partial charge in [0, 0.05) is 43.4 Å². The summed E-state index contributed by atoms with van der Waals surface area (Å²) in [6.45, 7) is 0.231. The third-order valence-corrected chi connectivity index (χ3v) is 5.31. The lowest BCUT2D eigenvalue weighted by atomic mass is 10.3. The highest BCUT2D eigenvalue weighted by atomic mass is 32.2. The second-order valence-corrected chi connectivity index (χ2v) is 6.87. The van der Waals surface area contributed by atoms with Crippen LogP contribution < -0.4 is 5.43 Å². The highest BCUT2D eigenvalue weighted by Gasteiger charge is 2.39. The fraction of sp³-hybridized carbons (Fsp3) is 0.286. The first-order valence-corrected chi connectivity index (χ1v) is 8.11. The summed E-state index contributed by atoms with van der Waals surface area (Å²) < 4.78 is 26.8. The Morgan fingerprint density at radius 2 is 2.14 bits per heavy atom. The lowest BCUT2D eigenvalue weighted by Gasteiger charge is -2.21. The second kappa shape index (κ2) is 5.42. The molecule has 0 aliphatic heterocycles. The third kappa shape index (κ3) is 2.88. The Kier molecular flexibility index (Phi) is 3.60. The van der Waals surface area contributed by atoms with Crippen molar-refractivity contribution >= 4 is 10.0 Å². The molecule has 0 aromatic carbocycles. The van der Waals surface area contributed by atoms with Crippen LogP contribution in [0, 0.1) is 0 Å². The molecule has 2 aromatic heterocycles. The molecule has 0 atom stereocenters. The van der Waals surface area contributed by atoms with Crippen molar-refractivity contribution in [1.82, 2.24) is 14.3 Å². The number of hydrogen-bond acceptors (Lipinski definition) is 4. The summed E-state index contributed by atoms with van der Waals surface area (Å²) in [5, 5.41) is 0. The molecule has 0 spiro atoms. The van der Waals surface area contributed by atoms with Crippen molar-refractivity contribution in [3.8, 4) is 0 Å². The van der Waals surface area contributed by atoms with Gasteiger partial charge in [-0.1, -0.05) is 6.07 Å². The van der Waals surface area contributed by atoms with E-state index in [1.165, 1.54) is 22.8 Å². The Balaban J connectivity index is 1.98. The number of aromatic nitrogens is 2. The predicted molar refractivity (Wildman–Crippen MR) is 77.1 cm³/mol. The number of nitrogens with one attached hydrogen (secondary N) is 1. The van der Waals surface area contributed by atoms with Crippen molar-refractivity contribution < 1.29 is 8.42 Å². The maximum absolute atomic E-state index is 12.7. The van der Waals surface area contributed by atoms with E-state index in [0.717, 1.165) is 18.4 Å². The van der Waals surface area contributed by atoms with Crippen LogP contribution in [0.1, 0.15) is 18.4 Å². The topological polar surface area (TPSA) is 83.1 Å². The van der Waals surface area contributed by atoms with Gasteiger partial charge in [0.05, 0.1) is 0 Å². The zero-order chi connectivity index (χ0) is 14.9. The van der Waals surface area contributed by atoms with Gasteiger partial charge in [-0.25, -0.2) is 8.42 Å². The van der Waals surface area contributed by atoms with Gasteiger partial charge in [0.2, 0.25) is 15.5 Å².